The number of phosphoric ester groups is 2. The van der Waals surface area contributed by atoms with Gasteiger partial charge in [-0.1, -0.05) is 336 Å². The van der Waals surface area contributed by atoms with Gasteiger partial charge in [0.2, 0.25) is 5.91 Å². The van der Waals surface area contributed by atoms with Gasteiger partial charge in [-0.2, -0.15) is 0 Å². The quantitative estimate of drug-likeness (QED) is 0.0249. The Morgan fingerprint density at radius 3 is 0.859 bits per heavy atom. The molecule has 0 bridgehead atoms. The maximum Gasteiger partial charge on any atom is 0.306 e. The number of unbranched alkanes of at least 4 members (excludes halogenated alkanes) is 48. The highest BCUT2D eigenvalue weighted by Crippen LogP contribution is 2.41. The second-order valence-corrected chi connectivity index (χ2v) is 29.3. The molecule has 92 heavy (non-hydrogen) atoms. The van der Waals surface area contributed by atoms with Crippen LogP contribution in [0.25, 0.3) is 0 Å². The van der Waals surface area contributed by atoms with Gasteiger partial charge in [0.15, 0.2) is 6.10 Å². The minimum atomic E-state index is -5.21. The summed E-state index contributed by atoms with van der Waals surface area (Å²) in [5.74, 6) is -1.91. The molecule has 0 aliphatic carbocycles. The third-order valence-electron chi connectivity index (χ3n) is 17.2. The second-order valence-electron chi connectivity index (χ2n) is 26.4. The van der Waals surface area contributed by atoms with E-state index in [4.69, 9.17) is 32.3 Å². The molecule has 0 heterocycles. The first-order chi connectivity index (χ1) is 44.7. The fourth-order valence-corrected chi connectivity index (χ4v) is 12.9. The Labute approximate surface area is 562 Å². The minimum Gasteiger partial charge on any atom is -0.756 e. The summed E-state index contributed by atoms with van der Waals surface area (Å²) in [7, 11) is -10.4. The van der Waals surface area contributed by atoms with Crippen molar-refractivity contribution in [2.24, 2.45) is 0 Å². The van der Waals surface area contributed by atoms with Gasteiger partial charge in [0, 0.05) is 25.7 Å². The van der Waals surface area contributed by atoms with Crippen molar-refractivity contribution in [3.63, 3.8) is 0 Å². The van der Waals surface area contributed by atoms with Crippen LogP contribution in [0.5, 0.6) is 0 Å². The number of rotatable bonds is 74. The first-order valence-electron chi connectivity index (χ1n) is 38.3. The molecule has 2 N–H and O–H groups in total. The SMILES string of the molecule is CCCCCCCCCCCCCCCC(=O)NC(COC(=O)CCCCCCCCCCCCCCC)COP(=O)([O-])OCC(O)COP(=O)([O-])OCC(COC(=O)CCCCCCCCCCCCCCC)OC(=O)CCCCCCCCCCCCCCC. The highest BCUT2D eigenvalue weighted by atomic mass is 31.2. The molecule has 0 saturated heterocycles. The van der Waals surface area contributed by atoms with E-state index in [0.717, 1.165) is 83.5 Å². The molecule has 546 valence electrons. The lowest BCUT2D eigenvalue weighted by atomic mass is 10.0. The van der Waals surface area contributed by atoms with Gasteiger partial charge in [0.1, 0.15) is 19.3 Å². The van der Waals surface area contributed by atoms with Crippen LogP contribution in [0.3, 0.4) is 0 Å². The molecule has 0 fully saturated rings. The standard InChI is InChI=1S/C73H143NO16P2/c1-5-9-13-17-21-25-29-33-37-41-45-49-53-57-70(76)74-67(61-84-71(77)58-54-50-46-42-38-34-30-26-22-18-14-10-6-2)62-86-91(80,81)87-63-68(75)64-88-92(82,83)89-66-69(90-73(79)60-56-52-48-44-40-36-32-28-24-20-16-12-8-4)65-85-72(78)59-55-51-47-43-39-35-31-27-23-19-15-11-7-3/h67-69,75H,5-66H2,1-4H3,(H,74,76)(H,80,81)(H,82,83)/p-2. The number of carbonyl (C=O) groups excluding carboxylic acids is 4. The van der Waals surface area contributed by atoms with Crippen molar-refractivity contribution in [3.05, 3.63) is 0 Å². The summed E-state index contributed by atoms with van der Waals surface area (Å²) in [6.07, 6.45) is 57.7. The summed E-state index contributed by atoms with van der Waals surface area (Å²) in [6.45, 7) is 4.85. The maximum absolute atomic E-state index is 13.1. The molecule has 0 aromatic carbocycles. The van der Waals surface area contributed by atoms with Crippen LogP contribution in [0.2, 0.25) is 0 Å². The number of phosphoric acid groups is 2. The lowest BCUT2D eigenvalue weighted by Crippen LogP contribution is -2.42. The van der Waals surface area contributed by atoms with Crippen LogP contribution in [0, 0.1) is 0 Å². The van der Waals surface area contributed by atoms with E-state index in [2.05, 4.69) is 33.0 Å². The number of nitrogens with one attached hydrogen (secondary N) is 1. The average molecular weight is 1350 g/mol. The number of hydrogen-bond donors (Lipinski definition) is 2. The van der Waals surface area contributed by atoms with Gasteiger partial charge in [-0.05, 0) is 25.7 Å². The highest BCUT2D eigenvalue weighted by molar-refractivity contribution is 7.46. The fourth-order valence-electron chi connectivity index (χ4n) is 11.3. The molecule has 1 amide bonds. The molecule has 0 aromatic rings. The lowest BCUT2D eigenvalue weighted by Gasteiger charge is -2.28. The molecule has 0 aliphatic rings. The van der Waals surface area contributed by atoms with E-state index in [9.17, 15) is 43.2 Å². The molecule has 0 radical (unpaired) electrons. The third-order valence-corrected chi connectivity index (χ3v) is 19.1. The Bertz CT molecular complexity index is 1640. The van der Waals surface area contributed by atoms with Gasteiger partial charge in [-0.25, -0.2) is 0 Å². The molecular formula is C73H141NO16P2-2. The predicted octanol–water partition coefficient (Wildman–Crippen LogP) is 19.8. The normalized spacial score (nSPS) is 13.9. The fraction of sp³-hybridized carbons (Fsp3) is 0.945. The van der Waals surface area contributed by atoms with Crippen molar-refractivity contribution in [2.75, 3.05) is 39.6 Å². The van der Waals surface area contributed by atoms with Crippen molar-refractivity contribution in [1.82, 2.24) is 5.32 Å². The van der Waals surface area contributed by atoms with Crippen molar-refractivity contribution < 1.29 is 75.5 Å². The zero-order valence-corrected chi connectivity index (χ0v) is 61.3. The largest absolute Gasteiger partial charge is 0.756 e. The summed E-state index contributed by atoms with van der Waals surface area (Å²) in [5.41, 5.74) is 0. The van der Waals surface area contributed by atoms with E-state index in [1.54, 1.807) is 0 Å². The minimum absolute atomic E-state index is 0.0913. The third kappa shape index (κ3) is 66.7. The molecule has 0 saturated carbocycles. The van der Waals surface area contributed by atoms with Gasteiger partial charge in [0.25, 0.3) is 15.6 Å². The van der Waals surface area contributed by atoms with E-state index in [0.29, 0.717) is 25.7 Å². The van der Waals surface area contributed by atoms with Crippen LogP contribution in [0.1, 0.15) is 387 Å². The molecule has 17 nitrogen and oxygen atoms in total. The Morgan fingerprint density at radius 2 is 0.554 bits per heavy atom. The molecule has 19 heteroatoms. The maximum atomic E-state index is 13.1. The van der Waals surface area contributed by atoms with E-state index in [-0.39, 0.29) is 38.2 Å². The van der Waals surface area contributed by atoms with E-state index in [1.165, 1.54) is 225 Å². The molecule has 5 atom stereocenters. The topological polar surface area (TPSA) is 245 Å². The molecule has 0 spiro atoms. The van der Waals surface area contributed by atoms with Gasteiger partial charge in [-0.3, -0.25) is 28.3 Å². The van der Waals surface area contributed by atoms with Gasteiger partial charge < -0.3 is 52.5 Å². The monoisotopic (exact) mass is 1350 g/mol. The zero-order valence-electron chi connectivity index (χ0n) is 59.5. The Balaban J connectivity index is 5.25. The first-order valence-corrected chi connectivity index (χ1v) is 41.3. The number of hydrogen-bond acceptors (Lipinski definition) is 16. The van der Waals surface area contributed by atoms with Crippen LogP contribution in [0.15, 0.2) is 0 Å². The average Bonchev–Trinajstić information content (AvgIpc) is 3.45. The summed E-state index contributed by atoms with van der Waals surface area (Å²) < 4.78 is 62.2. The van der Waals surface area contributed by atoms with Crippen molar-refractivity contribution in [3.8, 4) is 0 Å². The van der Waals surface area contributed by atoms with Crippen molar-refractivity contribution >= 4 is 39.5 Å². The Hall–Kier alpha value is -1.94. The first kappa shape index (κ1) is 90.1. The number of ether oxygens (including phenoxy) is 3. The van der Waals surface area contributed by atoms with E-state index in [1.807, 2.05) is 0 Å². The molecule has 0 rings (SSSR count). The molecule has 0 aromatic heterocycles. The van der Waals surface area contributed by atoms with Gasteiger partial charge >= 0.3 is 17.9 Å². The number of aliphatic hydroxyl groups excluding tert-OH is 1. The number of amides is 1. The molecular weight excluding hydrogens is 1210 g/mol. The van der Waals surface area contributed by atoms with E-state index < -0.39 is 84.8 Å². The molecule has 0 aliphatic heterocycles. The van der Waals surface area contributed by atoms with Crippen LogP contribution < -0.4 is 15.1 Å². The van der Waals surface area contributed by atoms with Crippen molar-refractivity contribution in [2.45, 2.75) is 406 Å². The molecule has 5 unspecified atom stereocenters. The second kappa shape index (κ2) is 67.6. The summed E-state index contributed by atoms with van der Waals surface area (Å²) in [5, 5.41) is 13.3. The summed E-state index contributed by atoms with van der Waals surface area (Å²) in [6, 6.07) is -1.03. The smallest absolute Gasteiger partial charge is 0.306 e. The Morgan fingerprint density at radius 1 is 0.315 bits per heavy atom. The number of aliphatic hydroxyl groups is 1. The van der Waals surface area contributed by atoms with Crippen LogP contribution in [-0.2, 0) is 60.6 Å². The van der Waals surface area contributed by atoms with Crippen LogP contribution >= 0.6 is 15.6 Å². The number of esters is 3. The van der Waals surface area contributed by atoms with Gasteiger partial charge in [0.05, 0.1) is 32.5 Å². The van der Waals surface area contributed by atoms with Gasteiger partial charge in [-0.15, -0.1) is 0 Å². The highest BCUT2D eigenvalue weighted by Gasteiger charge is 2.24. The van der Waals surface area contributed by atoms with E-state index >= 15 is 0 Å². The van der Waals surface area contributed by atoms with Crippen LogP contribution in [0.4, 0.5) is 0 Å². The summed E-state index contributed by atoms with van der Waals surface area (Å²) in [4.78, 5) is 77.5. The zero-order chi connectivity index (χ0) is 67.5. The lowest BCUT2D eigenvalue weighted by molar-refractivity contribution is -0.232. The predicted molar refractivity (Wildman–Crippen MR) is 370 cm³/mol. The summed E-state index contributed by atoms with van der Waals surface area (Å²) >= 11 is 0. The van der Waals surface area contributed by atoms with Crippen LogP contribution in [-0.4, -0.2) is 86.8 Å². The number of carbonyl (C=O) groups is 4. The Kier molecular flexibility index (Phi) is 66.2. The van der Waals surface area contributed by atoms with Crippen molar-refractivity contribution in [1.29, 1.82) is 0 Å².